The fraction of sp³-hybridized carbons (Fsp3) is 0.400. The number of hydrogen-bond donors (Lipinski definition) is 0. The summed E-state index contributed by atoms with van der Waals surface area (Å²) in [6, 6.07) is 9.48. The number of allylic oxidation sites excluding steroid dienone is 4. The van der Waals surface area contributed by atoms with E-state index in [1.165, 1.54) is 29.5 Å². The predicted octanol–water partition coefficient (Wildman–Crippen LogP) is 4.24. The number of benzene rings is 1. The summed E-state index contributed by atoms with van der Waals surface area (Å²) in [7, 11) is 3.94. The van der Waals surface area contributed by atoms with Crippen molar-refractivity contribution in [3.05, 3.63) is 70.0 Å². The van der Waals surface area contributed by atoms with Gasteiger partial charge < -0.3 is 4.74 Å². The summed E-state index contributed by atoms with van der Waals surface area (Å²) >= 11 is 6.38. The number of hydrogen-bond acceptors (Lipinski definition) is 2. The maximum absolute atomic E-state index is 6.38. The van der Waals surface area contributed by atoms with Gasteiger partial charge in [0.05, 0.1) is 12.1 Å². The normalized spacial score (nSPS) is 30.0. The van der Waals surface area contributed by atoms with Crippen LogP contribution in [0.1, 0.15) is 23.5 Å². The molecule has 0 fully saturated rings. The molecule has 23 heavy (non-hydrogen) atoms. The van der Waals surface area contributed by atoms with E-state index >= 15 is 0 Å². The molecule has 0 bridgehead atoms. The molecule has 0 spiro atoms. The molecule has 1 aromatic carbocycles. The minimum atomic E-state index is 0.337. The molecule has 1 unspecified atom stereocenters. The fourth-order valence-electron chi connectivity index (χ4n) is 4.41. The lowest BCUT2D eigenvalue weighted by molar-refractivity contribution is 0.199. The minimum Gasteiger partial charge on any atom is -0.496 e. The Morgan fingerprint density at radius 2 is 2.09 bits per heavy atom. The maximum atomic E-state index is 6.38. The van der Waals surface area contributed by atoms with E-state index in [2.05, 4.69) is 54.4 Å². The monoisotopic (exact) mass is 327 g/mol. The van der Waals surface area contributed by atoms with Gasteiger partial charge in [-0.15, -0.1) is 0 Å². The summed E-state index contributed by atoms with van der Waals surface area (Å²) in [4.78, 5) is 2.49. The van der Waals surface area contributed by atoms with E-state index < -0.39 is 0 Å². The van der Waals surface area contributed by atoms with Gasteiger partial charge in [-0.25, -0.2) is 0 Å². The summed E-state index contributed by atoms with van der Waals surface area (Å²) in [6.07, 6.45) is 9.03. The Hall–Kier alpha value is -1.51. The smallest absolute Gasteiger partial charge is 0.134 e. The largest absolute Gasteiger partial charge is 0.496 e. The molecule has 1 aliphatic heterocycles. The van der Waals surface area contributed by atoms with Crippen molar-refractivity contribution in [2.45, 2.75) is 24.8 Å². The van der Waals surface area contributed by atoms with Gasteiger partial charge in [0.1, 0.15) is 5.76 Å². The number of nitrogens with zero attached hydrogens (tertiary/aromatic N) is 1. The lowest BCUT2D eigenvalue weighted by Crippen LogP contribution is -2.41. The Kier molecular flexibility index (Phi) is 3.82. The van der Waals surface area contributed by atoms with Crippen LogP contribution in [0.25, 0.3) is 0 Å². The molecule has 3 atom stereocenters. The molecule has 120 valence electrons. The van der Waals surface area contributed by atoms with Gasteiger partial charge in [-0.05, 0) is 48.7 Å². The number of ether oxygens (including phenoxy) is 1. The molecule has 3 heteroatoms. The lowest BCUT2D eigenvalue weighted by atomic mass is 9.69. The fourth-order valence-corrected chi connectivity index (χ4v) is 4.68. The molecular formula is C20H22ClNO. The van der Waals surface area contributed by atoms with E-state index in [1.54, 1.807) is 7.11 Å². The number of methoxy groups -OCH3 is 1. The Labute approximate surface area is 143 Å². The Balaban J connectivity index is 1.86. The highest BCUT2D eigenvalue weighted by molar-refractivity contribution is 6.32. The van der Waals surface area contributed by atoms with Crippen molar-refractivity contribution in [2.75, 3.05) is 20.7 Å². The first-order valence-electron chi connectivity index (χ1n) is 8.30. The van der Waals surface area contributed by atoms with Crippen molar-refractivity contribution in [3.63, 3.8) is 0 Å². The van der Waals surface area contributed by atoms with Gasteiger partial charge in [-0.3, -0.25) is 4.90 Å². The molecule has 1 aromatic rings. The summed E-state index contributed by atoms with van der Waals surface area (Å²) in [6.45, 7) is 0.978. The van der Waals surface area contributed by atoms with E-state index in [-0.39, 0.29) is 0 Å². The molecule has 2 nitrogen and oxygen atoms in total. The van der Waals surface area contributed by atoms with E-state index in [1.807, 2.05) is 0 Å². The van der Waals surface area contributed by atoms with Crippen LogP contribution in [0.2, 0.25) is 0 Å². The molecule has 0 amide bonds. The highest BCUT2D eigenvalue weighted by Crippen LogP contribution is 2.47. The van der Waals surface area contributed by atoms with Crippen LogP contribution in [-0.4, -0.2) is 31.6 Å². The van der Waals surface area contributed by atoms with Gasteiger partial charge in [-0.2, -0.15) is 0 Å². The number of halogens is 1. The van der Waals surface area contributed by atoms with Crippen LogP contribution in [0.3, 0.4) is 0 Å². The topological polar surface area (TPSA) is 12.5 Å². The molecule has 0 radical (unpaired) electrons. The van der Waals surface area contributed by atoms with Crippen LogP contribution in [0.15, 0.2) is 58.9 Å². The van der Waals surface area contributed by atoms with Crippen LogP contribution in [0.5, 0.6) is 0 Å². The highest BCUT2D eigenvalue weighted by Gasteiger charge is 2.40. The zero-order valence-electron chi connectivity index (χ0n) is 13.6. The third kappa shape index (κ3) is 2.45. The van der Waals surface area contributed by atoms with Crippen molar-refractivity contribution < 1.29 is 4.74 Å². The average molecular weight is 328 g/mol. The van der Waals surface area contributed by atoms with E-state index in [9.17, 15) is 0 Å². The number of rotatable bonds is 1. The van der Waals surface area contributed by atoms with Crippen molar-refractivity contribution >= 4 is 11.6 Å². The number of aryl methyl sites for hydroxylation is 1. The zero-order chi connectivity index (χ0) is 16.0. The Morgan fingerprint density at radius 3 is 2.91 bits per heavy atom. The van der Waals surface area contributed by atoms with Crippen LogP contribution in [-0.2, 0) is 11.2 Å². The number of fused-ring (bicyclic) bond motifs is 5. The van der Waals surface area contributed by atoms with Crippen LogP contribution >= 0.6 is 11.6 Å². The third-order valence-corrected chi connectivity index (χ3v) is 5.87. The summed E-state index contributed by atoms with van der Waals surface area (Å²) < 4.78 is 5.51. The van der Waals surface area contributed by atoms with E-state index in [0.29, 0.717) is 22.9 Å². The molecule has 0 saturated carbocycles. The summed E-state index contributed by atoms with van der Waals surface area (Å²) in [5, 5.41) is 0.709. The van der Waals surface area contributed by atoms with Crippen molar-refractivity contribution in [3.8, 4) is 0 Å². The highest BCUT2D eigenvalue weighted by atomic mass is 35.5. The standard InChI is InChI=1S/C20H22ClNO/c1-22-10-9-14-11-17(21)19(23-2)12-16(14)20-15-6-4-3-5-13(15)7-8-18(20)22/h3-6,9,11-12,16,18,20H,7-8,10H2,1-2H3/t16?,18-,20+/m0/s1. The molecule has 0 N–H and O–H groups in total. The third-order valence-electron chi connectivity index (χ3n) is 5.57. The molecule has 4 rings (SSSR count). The molecule has 0 saturated heterocycles. The van der Waals surface area contributed by atoms with Gasteiger partial charge in [0, 0.05) is 24.4 Å². The summed E-state index contributed by atoms with van der Waals surface area (Å²) in [5.74, 6) is 1.61. The SMILES string of the molecule is COC1=CC2C(=CCN(C)[C@H]3CCc4ccccc4[C@H]23)C=C1Cl. The second-order valence-electron chi connectivity index (χ2n) is 6.73. The molecule has 2 aliphatic carbocycles. The van der Waals surface area contributed by atoms with E-state index in [4.69, 9.17) is 16.3 Å². The van der Waals surface area contributed by atoms with Crippen LogP contribution in [0.4, 0.5) is 0 Å². The first kappa shape index (κ1) is 15.0. The van der Waals surface area contributed by atoms with Gasteiger partial charge in [0.25, 0.3) is 0 Å². The van der Waals surface area contributed by atoms with Gasteiger partial charge >= 0.3 is 0 Å². The average Bonchev–Trinajstić information content (AvgIpc) is 2.71. The first-order chi connectivity index (χ1) is 11.2. The van der Waals surface area contributed by atoms with Crippen LogP contribution in [0, 0.1) is 5.92 Å². The second-order valence-corrected chi connectivity index (χ2v) is 7.13. The maximum Gasteiger partial charge on any atom is 0.134 e. The van der Waals surface area contributed by atoms with Crippen molar-refractivity contribution in [2.24, 2.45) is 5.92 Å². The van der Waals surface area contributed by atoms with Crippen molar-refractivity contribution in [1.82, 2.24) is 4.90 Å². The van der Waals surface area contributed by atoms with Crippen molar-refractivity contribution in [1.29, 1.82) is 0 Å². The van der Waals surface area contributed by atoms with Gasteiger partial charge in [0.2, 0.25) is 0 Å². The number of likely N-dealkylation sites (N-methyl/N-ethyl adjacent to an activating group) is 1. The van der Waals surface area contributed by atoms with E-state index in [0.717, 1.165) is 12.3 Å². The lowest BCUT2D eigenvalue weighted by Gasteiger charge is -2.41. The molecule has 3 aliphatic rings. The zero-order valence-corrected chi connectivity index (χ0v) is 14.4. The van der Waals surface area contributed by atoms with Crippen LogP contribution < -0.4 is 0 Å². The molecule has 0 aromatic heterocycles. The molecule has 1 heterocycles. The van der Waals surface area contributed by atoms with Gasteiger partial charge in [0.15, 0.2) is 0 Å². The predicted molar refractivity (Wildman–Crippen MR) is 94.5 cm³/mol. The molecular weight excluding hydrogens is 306 g/mol. The second kappa shape index (κ2) is 5.85. The van der Waals surface area contributed by atoms with Gasteiger partial charge in [-0.1, -0.05) is 41.9 Å². The quantitative estimate of drug-likeness (QED) is 0.765. The Bertz CT molecular complexity index is 718. The summed E-state index contributed by atoms with van der Waals surface area (Å²) in [5.41, 5.74) is 4.31. The minimum absolute atomic E-state index is 0.337. The Morgan fingerprint density at radius 1 is 1.26 bits per heavy atom. The first-order valence-corrected chi connectivity index (χ1v) is 8.68.